The molecule has 1 saturated carbocycles. The first-order chi connectivity index (χ1) is 9.67. The molecule has 1 aliphatic rings. The van der Waals surface area contributed by atoms with Crippen LogP contribution in [0.3, 0.4) is 0 Å². The Morgan fingerprint density at radius 1 is 1.60 bits per heavy atom. The van der Waals surface area contributed by atoms with Gasteiger partial charge in [-0.05, 0) is 25.5 Å². The molecule has 0 amide bonds. The number of benzene rings is 1. The highest BCUT2D eigenvalue weighted by Gasteiger charge is 2.41. The number of hydrogen-bond donors (Lipinski definition) is 2. The summed E-state index contributed by atoms with van der Waals surface area (Å²) in [6.07, 6.45) is 6.03. The number of rotatable bonds is 4. The van der Waals surface area contributed by atoms with E-state index in [9.17, 15) is 4.39 Å². The monoisotopic (exact) mass is 293 g/mol. The number of nitrogens with one attached hydrogen (secondary N) is 2. The molecule has 0 bridgehead atoms. The minimum Gasteiger partial charge on any atom is -0.357 e. The number of guanidine groups is 1. The van der Waals surface area contributed by atoms with Gasteiger partial charge in [-0.15, -0.1) is 6.42 Å². The van der Waals surface area contributed by atoms with Crippen LogP contribution in [0.1, 0.15) is 24.8 Å². The standard InChI is InChI=1S/C15H17ClFN3/c1-3-8-19-15(18-4-2)20-13-9-10(13)14-11(16)6-5-7-12(14)17/h1,5-7,10,13H,4,8-9H2,2H3,(H2,18,19,20). The highest BCUT2D eigenvalue weighted by atomic mass is 35.5. The van der Waals surface area contributed by atoms with Crippen molar-refractivity contribution in [2.24, 2.45) is 4.99 Å². The fraction of sp³-hybridized carbons (Fsp3) is 0.400. The Hall–Kier alpha value is -1.73. The molecule has 1 aromatic carbocycles. The molecule has 0 saturated heterocycles. The van der Waals surface area contributed by atoms with E-state index >= 15 is 0 Å². The van der Waals surface area contributed by atoms with E-state index in [1.807, 2.05) is 6.92 Å². The van der Waals surface area contributed by atoms with Gasteiger partial charge in [-0.3, -0.25) is 0 Å². The molecule has 20 heavy (non-hydrogen) atoms. The summed E-state index contributed by atoms with van der Waals surface area (Å²) in [7, 11) is 0. The molecule has 3 nitrogen and oxygen atoms in total. The zero-order chi connectivity index (χ0) is 14.5. The SMILES string of the molecule is C#CCN=C(NCC)NC1CC1c1c(F)cccc1Cl. The van der Waals surface area contributed by atoms with Crippen LogP contribution in [0.2, 0.25) is 5.02 Å². The Bertz CT molecular complexity index is 530. The summed E-state index contributed by atoms with van der Waals surface area (Å²) in [6.45, 7) is 3.03. The van der Waals surface area contributed by atoms with Crippen molar-refractivity contribution in [2.45, 2.75) is 25.3 Å². The summed E-state index contributed by atoms with van der Waals surface area (Å²) in [6, 6.07) is 4.91. The molecule has 2 unspecified atom stereocenters. The third-order valence-corrected chi connectivity index (χ3v) is 3.49. The molecule has 0 radical (unpaired) electrons. The van der Waals surface area contributed by atoms with Gasteiger partial charge in [0.2, 0.25) is 0 Å². The van der Waals surface area contributed by atoms with Crippen molar-refractivity contribution in [3.8, 4) is 12.3 Å². The van der Waals surface area contributed by atoms with Gasteiger partial charge in [0.05, 0.1) is 0 Å². The molecule has 2 N–H and O–H groups in total. The van der Waals surface area contributed by atoms with E-state index in [-0.39, 0.29) is 17.8 Å². The Balaban J connectivity index is 2.03. The second kappa shape index (κ2) is 6.62. The van der Waals surface area contributed by atoms with Crippen molar-refractivity contribution in [2.75, 3.05) is 13.1 Å². The van der Waals surface area contributed by atoms with E-state index in [0.717, 1.165) is 13.0 Å². The van der Waals surface area contributed by atoms with Crippen LogP contribution in [-0.4, -0.2) is 25.1 Å². The van der Waals surface area contributed by atoms with Crippen molar-refractivity contribution in [1.29, 1.82) is 0 Å². The van der Waals surface area contributed by atoms with Gasteiger partial charge in [-0.2, -0.15) is 0 Å². The quantitative estimate of drug-likeness (QED) is 0.508. The molecule has 0 heterocycles. The second-order valence-electron chi connectivity index (χ2n) is 4.63. The lowest BCUT2D eigenvalue weighted by Crippen LogP contribution is -2.39. The molecule has 1 fully saturated rings. The molecule has 0 aliphatic heterocycles. The predicted octanol–water partition coefficient (Wildman–Crippen LogP) is 2.52. The number of terminal acetylenes is 1. The summed E-state index contributed by atoms with van der Waals surface area (Å²) >= 11 is 6.07. The molecule has 5 heteroatoms. The molecule has 0 aromatic heterocycles. The van der Waals surface area contributed by atoms with Gasteiger partial charge in [0, 0.05) is 29.1 Å². The lowest BCUT2D eigenvalue weighted by Gasteiger charge is -2.11. The fourth-order valence-corrected chi connectivity index (χ4v) is 2.46. The maximum atomic E-state index is 13.8. The lowest BCUT2D eigenvalue weighted by atomic mass is 10.1. The van der Waals surface area contributed by atoms with Gasteiger partial charge < -0.3 is 10.6 Å². The van der Waals surface area contributed by atoms with Crippen LogP contribution in [0.4, 0.5) is 4.39 Å². The molecule has 106 valence electrons. The topological polar surface area (TPSA) is 36.4 Å². The molecule has 2 atom stereocenters. The van der Waals surface area contributed by atoms with Gasteiger partial charge >= 0.3 is 0 Å². The molecule has 1 aromatic rings. The molecule has 2 rings (SSSR count). The van der Waals surface area contributed by atoms with Gasteiger partial charge in [0.25, 0.3) is 0 Å². The van der Waals surface area contributed by atoms with Gasteiger partial charge in [0.15, 0.2) is 5.96 Å². The van der Waals surface area contributed by atoms with Crippen molar-refractivity contribution in [1.82, 2.24) is 10.6 Å². The normalized spacial score (nSPS) is 21.2. The maximum Gasteiger partial charge on any atom is 0.192 e. The summed E-state index contributed by atoms with van der Waals surface area (Å²) < 4.78 is 13.8. The molecular formula is C15H17ClFN3. The highest BCUT2D eigenvalue weighted by molar-refractivity contribution is 6.31. The zero-order valence-corrected chi connectivity index (χ0v) is 12.0. The number of aliphatic imine (C=N–C) groups is 1. The smallest absolute Gasteiger partial charge is 0.192 e. The van der Waals surface area contributed by atoms with Crippen LogP contribution in [-0.2, 0) is 0 Å². The first kappa shape index (κ1) is 14.7. The predicted molar refractivity (Wildman–Crippen MR) is 80.5 cm³/mol. The largest absolute Gasteiger partial charge is 0.357 e. The van der Waals surface area contributed by atoms with Gasteiger partial charge in [-0.25, -0.2) is 9.38 Å². The summed E-state index contributed by atoms with van der Waals surface area (Å²) in [5.41, 5.74) is 0.583. The van der Waals surface area contributed by atoms with E-state index < -0.39 is 0 Å². The van der Waals surface area contributed by atoms with Crippen molar-refractivity contribution < 1.29 is 4.39 Å². The Morgan fingerprint density at radius 3 is 3.05 bits per heavy atom. The summed E-state index contributed by atoms with van der Waals surface area (Å²) in [4.78, 5) is 4.22. The maximum absolute atomic E-state index is 13.8. The molecular weight excluding hydrogens is 277 g/mol. The van der Waals surface area contributed by atoms with Crippen LogP contribution in [0, 0.1) is 18.2 Å². The average molecular weight is 294 g/mol. The number of hydrogen-bond acceptors (Lipinski definition) is 1. The number of halogens is 2. The van der Waals surface area contributed by atoms with Gasteiger partial charge in [-0.1, -0.05) is 23.6 Å². The van der Waals surface area contributed by atoms with E-state index in [1.54, 1.807) is 12.1 Å². The Morgan fingerprint density at radius 2 is 2.40 bits per heavy atom. The van der Waals surface area contributed by atoms with E-state index in [0.29, 0.717) is 23.1 Å². The van der Waals surface area contributed by atoms with Crippen molar-refractivity contribution in [3.05, 3.63) is 34.6 Å². The average Bonchev–Trinajstić information content (AvgIpc) is 3.15. The third-order valence-electron chi connectivity index (χ3n) is 3.16. The minimum absolute atomic E-state index is 0.0818. The van der Waals surface area contributed by atoms with Crippen LogP contribution in [0.15, 0.2) is 23.2 Å². The van der Waals surface area contributed by atoms with Gasteiger partial charge in [0.1, 0.15) is 12.4 Å². The summed E-state index contributed by atoms with van der Waals surface area (Å²) in [5, 5.41) is 6.83. The molecule has 1 aliphatic carbocycles. The van der Waals surface area contributed by atoms with E-state index in [4.69, 9.17) is 18.0 Å². The zero-order valence-electron chi connectivity index (χ0n) is 11.3. The van der Waals surface area contributed by atoms with Crippen molar-refractivity contribution >= 4 is 17.6 Å². The fourth-order valence-electron chi connectivity index (χ4n) is 2.16. The Kier molecular flexibility index (Phi) is 4.86. The second-order valence-corrected chi connectivity index (χ2v) is 5.03. The van der Waals surface area contributed by atoms with Crippen LogP contribution < -0.4 is 10.6 Å². The Labute approximate surface area is 123 Å². The first-order valence-corrected chi connectivity index (χ1v) is 6.97. The van der Waals surface area contributed by atoms with E-state index in [1.165, 1.54) is 6.07 Å². The van der Waals surface area contributed by atoms with Crippen LogP contribution in [0.25, 0.3) is 0 Å². The van der Waals surface area contributed by atoms with Crippen molar-refractivity contribution in [3.63, 3.8) is 0 Å². The van der Waals surface area contributed by atoms with Crippen LogP contribution in [0.5, 0.6) is 0 Å². The highest BCUT2D eigenvalue weighted by Crippen LogP contribution is 2.44. The third kappa shape index (κ3) is 3.43. The lowest BCUT2D eigenvalue weighted by molar-refractivity contribution is 0.608. The summed E-state index contributed by atoms with van der Waals surface area (Å²) in [5.74, 6) is 2.95. The molecule has 0 spiro atoms. The number of nitrogens with zero attached hydrogens (tertiary/aromatic N) is 1. The minimum atomic E-state index is -0.252. The first-order valence-electron chi connectivity index (χ1n) is 6.59. The van der Waals surface area contributed by atoms with Crippen LogP contribution >= 0.6 is 11.6 Å². The van der Waals surface area contributed by atoms with E-state index in [2.05, 4.69) is 21.5 Å².